The van der Waals surface area contributed by atoms with Crippen molar-refractivity contribution in [2.75, 3.05) is 5.32 Å². The van der Waals surface area contributed by atoms with Crippen molar-refractivity contribution in [3.63, 3.8) is 0 Å². The third kappa shape index (κ3) is 4.75. The lowest BCUT2D eigenvalue weighted by molar-refractivity contribution is 0.593. The second-order valence-corrected chi connectivity index (χ2v) is 4.86. The van der Waals surface area contributed by atoms with E-state index >= 15 is 0 Å². The van der Waals surface area contributed by atoms with Crippen LogP contribution in [0.2, 0.25) is 0 Å². The highest BCUT2D eigenvalue weighted by atomic mass is 15.0. The molecule has 0 amide bonds. The van der Waals surface area contributed by atoms with Crippen molar-refractivity contribution in [3.8, 4) is 6.07 Å². The summed E-state index contributed by atoms with van der Waals surface area (Å²) >= 11 is 0. The van der Waals surface area contributed by atoms with Gasteiger partial charge in [0.25, 0.3) is 0 Å². The smallest absolute Gasteiger partial charge is 0.144 e. The van der Waals surface area contributed by atoms with Crippen LogP contribution in [-0.2, 0) is 0 Å². The molecular formula is C15H23N3. The number of hydrogen-bond acceptors (Lipinski definition) is 3. The molecule has 1 unspecified atom stereocenters. The minimum atomic E-state index is 0.364. The maximum atomic E-state index is 9.04. The summed E-state index contributed by atoms with van der Waals surface area (Å²) in [4.78, 5) is 4.39. The van der Waals surface area contributed by atoms with Crippen molar-refractivity contribution < 1.29 is 0 Å². The van der Waals surface area contributed by atoms with E-state index in [0.29, 0.717) is 11.6 Å². The Balaban J connectivity index is 2.51. The van der Waals surface area contributed by atoms with Crippen LogP contribution in [0.4, 0.5) is 5.82 Å². The van der Waals surface area contributed by atoms with E-state index in [1.165, 1.54) is 25.7 Å². The zero-order valence-electron chi connectivity index (χ0n) is 11.7. The third-order valence-electron chi connectivity index (χ3n) is 3.03. The first-order chi connectivity index (χ1) is 8.67. The third-order valence-corrected chi connectivity index (χ3v) is 3.03. The fraction of sp³-hybridized carbons (Fsp3) is 0.600. The first-order valence-corrected chi connectivity index (χ1v) is 6.81. The standard InChI is InChI=1S/C15H23N3/c1-4-5-6-7-8-12(2)17-15-14(11-16)10-9-13(3)18-15/h9-10,12H,4-8H2,1-3H3,(H,17,18). The summed E-state index contributed by atoms with van der Waals surface area (Å²) in [7, 11) is 0. The molecule has 1 aromatic rings. The summed E-state index contributed by atoms with van der Waals surface area (Å²) in [6, 6.07) is 6.24. The molecule has 0 aromatic carbocycles. The largest absolute Gasteiger partial charge is 0.367 e. The normalized spacial score (nSPS) is 11.9. The Morgan fingerprint density at radius 1 is 1.33 bits per heavy atom. The maximum absolute atomic E-state index is 9.04. The molecule has 1 atom stereocenters. The van der Waals surface area contributed by atoms with E-state index < -0.39 is 0 Å². The van der Waals surface area contributed by atoms with E-state index in [9.17, 15) is 0 Å². The van der Waals surface area contributed by atoms with Gasteiger partial charge in [0.1, 0.15) is 11.9 Å². The number of anilines is 1. The molecule has 3 nitrogen and oxygen atoms in total. The van der Waals surface area contributed by atoms with Crippen molar-refractivity contribution in [3.05, 3.63) is 23.4 Å². The molecule has 0 saturated carbocycles. The Hall–Kier alpha value is -1.56. The summed E-state index contributed by atoms with van der Waals surface area (Å²) in [5, 5.41) is 12.4. The first kappa shape index (κ1) is 14.5. The molecule has 0 spiro atoms. The van der Waals surface area contributed by atoms with Gasteiger partial charge in [-0.15, -0.1) is 0 Å². The van der Waals surface area contributed by atoms with Gasteiger partial charge in [0.05, 0.1) is 5.56 Å². The van der Waals surface area contributed by atoms with E-state index in [1.807, 2.05) is 19.1 Å². The van der Waals surface area contributed by atoms with Crippen LogP contribution in [0.1, 0.15) is 57.2 Å². The molecule has 1 N–H and O–H groups in total. The van der Waals surface area contributed by atoms with Gasteiger partial charge in [-0.25, -0.2) is 4.98 Å². The van der Waals surface area contributed by atoms with Crippen LogP contribution in [0.25, 0.3) is 0 Å². The average molecular weight is 245 g/mol. The van der Waals surface area contributed by atoms with Crippen LogP contribution >= 0.6 is 0 Å². The highest BCUT2D eigenvalue weighted by Crippen LogP contribution is 2.15. The molecule has 98 valence electrons. The van der Waals surface area contributed by atoms with Crippen molar-refractivity contribution in [1.82, 2.24) is 4.98 Å². The monoisotopic (exact) mass is 245 g/mol. The molecule has 0 bridgehead atoms. The van der Waals surface area contributed by atoms with Crippen LogP contribution in [0.15, 0.2) is 12.1 Å². The summed E-state index contributed by atoms with van der Waals surface area (Å²) in [5.41, 5.74) is 1.57. The summed E-state index contributed by atoms with van der Waals surface area (Å²) in [6.07, 6.45) is 6.21. The number of pyridine rings is 1. The van der Waals surface area contributed by atoms with Gasteiger partial charge in [0.15, 0.2) is 0 Å². The lowest BCUT2D eigenvalue weighted by atomic mass is 10.1. The fourth-order valence-corrected chi connectivity index (χ4v) is 1.94. The average Bonchev–Trinajstić information content (AvgIpc) is 2.35. The van der Waals surface area contributed by atoms with E-state index in [2.05, 4.69) is 30.2 Å². The fourth-order valence-electron chi connectivity index (χ4n) is 1.94. The lowest BCUT2D eigenvalue weighted by Gasteiger charge is -2.15. The van der Waals surface area contributed by atoms with Gasteiger partial charge in [-0.2, -0.15) is 5.26 Å². The van der Waals surface area contributed by atoms with Crippen LogP contribution in [0, 0.1) is 18.3 Å². The number of rotatable bonds is 7. The van der Waals surface area contributed by atoms with E-state index in [0.717, 1.165) is 17.9 Å². The summed E-state index contributed by atoms with van der Waals surface area (Å²) in [5.74, 6) is 0.723. The molecule has 0 aliphatic carbocycles. The highest BCUT2D eigenvalue weighted by molar-refractivity contribution is 5.52. The van der Waals surface area contributed by atoms with Gasteiger partial charge in [0, 0.05) is 11.7 Å². The zero-order valence-corrected chi connectivity index (χ0v) is 11.7. The topological polar surface area (TPSA) is 48.7 Å². The molecule has 0 fully saturated rings. The number of aromatic nitrogens is 1. The lowest BCUT2D eigenvalue weighted by Crippen LogP contribution is -2.17. The Labute approximate surface area is 110 Å². The number of nitriles is 1. The predicted octanol–water partition coefficient (Wildman–Crippen LogP) is 4.03. The van der Waals surface area contributed by atoms with Gasteiger partial charge in [-0.1, -0.05) is 32.6 Å². The molecular weight excluding hydrogens is 222 g/mol. The van der Waals surface area contributed by atoms with Crippen molar-refractivity contribution in [2.24, 2.45) is 0 Å². The SMILES string of the molecule is CCCCCCC(C)Nc1nc(C)ccc1C#N. The minimum Gasteiger partial charge on any atom is -0.367 e. The van der Waals surface area contributed by atoms with Crippen LogP contribution in [0.5, 0.6) is 0 Å². The molecule has 0 radical (unpaired) electrons. The Kier molecular flexibility index (Phi) is 6.21. The predicted molar refractivity (Wildman–Crippen MR) is 75.5 cm³/mol. The number of unbranched alkanes of at least 4 members (excludes halogenated alkanes) is 3. The molecule has 18 heavy (non-hydrogen) atoms. The molecule has 1 rings (SSSR count). The molecule has 0 aliphatic heterocycles. The minimum absolute atomic E-state index is 0.364. The van der Waals surface area contributed by atoms with Crippen molar-refractivity contribution in [2.45, 2.75) is 58.9 Å². The number of hydrogen-bond donors (Lipinski definition) is 1. The Morgan fingerprint density at radius 3 is 2.78 bits per heavy atom. The van der Waals surface area contributed by atoms with Gasteiger partial charge in [-0.05, 0) is 32.4 Å². The second-order valence-electron chi connectivity index (χ2n) is 4.86. The molecule has 0 aliphatic rings. The molecule has 0 saturated heterocycles. The van der Waals surface area contributed by atoms with Gasteiger partial charge < -0.3 is 5.32 Å². The Bertz CT molecular complexity index is 407. The number of aryl methyl sites for hydroxylation is 1. The van der Waals surface area contributed by atoms with Gasteiger partial charge >= 0.3 is 0 Å². The number of nitrogens with one attached hydrogen (secondary N) is 1. The second kappa shape index (κ2) is 7.71. The van der Waals surface area contributed by atoms with E-state index in [4.69, 9.17) is 5.26 Å². The van der Waals surface area contributed by atoms with E-state index in [1.54, 1.807) is 0 Å². The highest BCUT2D eigenvalue weighted by Gasteiger charge is 2.07. The van der Waals surface area contributed by atoms with Crippen molar-refractivity contribution >= 4 is 5.82 Å². The first-order valence-electron chi connectivity index (χ1n) is 6.81. The van der Waals surface area contributed by atoms with Gasteiger partial charge in [0.2, 0.25) is 0 Å². The summed E-state index contributed by atoms with van der Waals surface area (Å²) < 4.78 is 0. The van der Waals surface area contributed by atoms with Crippen LogP contribution in [-0.4, -0.2) is 11.0 Å². The number of nitrogens with zero attached hydrogens (tertiary/aromatic N) is 2. The van der Waals surface area contributed by atoms with Crippen molar-refractivity contribution in [1.29, 1.82) is 5.26 Å². The van der Waals surface area contributed by atoms with Crippen LogP contribution < -0.4 is 5.32 Å². The Morgan fingerprint density at radius 2 is 2.11 bits per heavy atom. The summed E-state index contributed by atoms with van der Waals surface area (Å²) in [6.45, 7) is 6.31. The van der Waals surface area contributed by atoms with Crippen LogP contribution in [0.3, 0.4) is 0 Å². The zero-order chi connectivity index (χ0) is 13.4. The maximum Gasteiger partial charge on any atom is 0.144 e. The molecule has 1 heterocycles. The molecule has 1 aromatic heterocycles. The quantitative estimate of drug-likeness (QED) is 0.738. The molecule has 3 heteroatoms. The van der Waals surface area contributed by atoms with E-state index in [-0.39, 0.29) is 0 Å². The van der Waals surface area contributed by atoms with Gasteiger partial charge in [-0.3, -0.25) is 0 Å².